The molecule has 3 rings (SSSR count). The SMILES string of the molecule is CCN(CC)CCSc1n[nH]c(-c2c[nH]c3nc(C)ccc3c2=O)n1. The lowest BCUT2D eigenvalue weighted by atomic mass is 10.2. The summed E-state index contributed by atoms with van der Waals surface area (Å²) in [6.45, 7) is 9.27. The van der Waals surface area contributed by atoms with Crippen LogP contribution in [0.25, 0.3) is 22.4 Å². The normalized spacial score (nSPS) is 11.5. The van der Waals surface area contributed by atoms with Gasteiger partial charge in [-0.05, 0) is 32.1 Å². The van der Waals surface area contributed by atoms with Crippen LogP contribution in [-0.2, 0) is 0 Å². The van der Waals surface area contributed by atoms with E-state index in [0.29, 0.717) is 27.6 Å². The van der Waals surface area contributed by atoms with Gasteiger partial charge in [-0.2, -0.15) is 0 Å². The number of nitrogens with zero attached hydrogens (tertiary/aromatic N) is 4. The highest BCUT2D eigenvalue weighted by molar-refractivity contribution is 7.99. The monoisotopic (exact) mass is 358 g/mol. The Kier molecular flexibility index (Phi) is 5.50. The molecule has 0 unspecified atom stereocenters. The van der Waals surface area contributed by atoms with E-state index >= 15 is 0 Å². The van der Waals surface area contributed by atoms with Crippen LogP contribution >= 0.6 is 11.8 Å². The van der Waals surface area contributed by atoms with E-state index in [-0.39, 0.29) is 5.43 Å². The maximum Gasteiger partial charge on any atom is 0.208 e. The number of aromatic nitrogens is 5. The number of thioether (sulfide) groups is 1. The molecule has 0 aliphatic carbocycles. The molecule has 8 heteroatoms. The molecular weight excluding hydrogens is 336 g/mol. The summed E-state index contributed by atoms with van der Waals surface area (Å²) in [6.07, 6.45) is 1.64. The first-order chi connectivity index (χ1) is 12.1. The summed E-state index contributed by atoms with van der Waals surface area (Å²) in [4.78, 5) is 26.9. The summed E-state index contributed by atoms with van der Waals surface area (Å²) in [5.74, 6) is 1.39. The van der Waals surface area contributed by atoms with Crippen LogP contribution in [0, 0.1) is 6.92 Å². The Morgan fingerprint density at radius 2 is 2.00 bits per heavy atom. The minimum atomic E-state index is -0.0999. The summed E-state index contributed by atoms with van der Waals surface area (Å²) in [6, 6.07) is 3.62. The Bertz CT molecular complexity index is 915. The lowest BCUT2D eigenvalue weighted by Gasteiger charge is -2.16. The molecule has 7 nitrogen and oxygen atoms in total. The summed E-state index contributed by atoms with van der Waals surface area (Å²) >= 11 is 1.59. The highest BCUT2D eigenvalue weighted by Crippen LogP contribution is 2.18. The van der Waals surface area contributed by atoms with E-state index in [2.05, 4.69) is 43.9 Å². The predicted octanol–water partition coefficient (Wildman–Crippen LogP) is 2.45. The highest BCUT2D eigenvalue weighted by Gasteiger charge is 2.13. The van der Waals surface area contributed by atoms with E-state index in [1.807, 2.05) is 13.0 Å². The lowest BCUT2D eigenvalue weighted by molar-refractivity contribution is 0.324. The third-order valence-corrected chi connectivity index (χ3v) is 4.96. The maximum absolute atomic E-state index is 12.7. The molecule has 0 saturated carbocycles. The first-order valence-corrected chi connectivity index (χ1v) is 9.38. The van der Waals surface area contributed by atoms with E-state index in [1.54, 1.807) is 24.0 Å². The van der Waals surface area contributed by atoms with Gasteiger partial charge >= 0.3 is 0 Å². The lowest BCUT2D eigenvalue weighted by Crippen LogP contribution is -2.25. The first-order valence-electron chi connectivity index (χ1n) is 8.39. The van der Waals surface area contributed by atoms with Crippen molar-refractivity contribution in [3.8, 4) is 11.4 Å². The average molecular weight is 358 g/mol. The number of hydrogen-bond acceptors (Lipinski definition) is 6. The van der Waals surface area contributed by atoms with Crippen LogP contribution in [-0.4, -0.2) is 55.4 Å². The Morgan fingerprint density at radius 3 is 2.76 bits per heavy atom. The number of pyridine rings is 2. The summed E-state index contributed by atoms with van der Waals surface area (Å²) in [7, 11) is 0. The average Bonchev–Trinajstić information content (AvgIpc) is 3.07. The number of H-pyrrole nitrogens is 2. The van der Waals surface area contributed by atoms with Crippen molar-refractivity contribution in [3.05, 3.63) is 34.2 Å². The van der Waals surface area contributed by atoms with E-state index in [9.17, 15) is 4.79 Å². The molecular formula is C17H22N6OS. The van der Waals surface area contributed by atoms with Crippen molar-refractivity contribution in [3.63, 3.8) is 0 Å². The molecule has 3 heterocycles. The molecule has 0 fully saturated rings. The second kappa shape index (κ2) is 7.79. The molecule has 0 amide bonds. The second-order valence-electron chi connectivity index (χ2n) is 5.72. The Labute approximate surface area is 150 Å². The third-order valence-electron chi connectivity index (χ3n) is 4.13. The van der Waals surface area contributed by atoms with Crippen molar-refractivity contribution < 1.29 is 0 Å². The predicted molar refractivity (Wildman–Crippen MR) is 101 cm³/mol. The molecule has 0 spiro atoms. The van der Waals surface area contributed by atoms with Crippen molar-refractivity contribution >= 4 is 22.8 Å². The summed E-state index contributed by atoms with van der Waals surface area (Å²) in [5.41, 5.74) is 1.82. The topological polar surface area (TPSA) is 90.6 Å². The van der Waals surface area contributed by atoms with Crippen molar-refractivity contribution in [2.75, 3.05) is 25.4 Å². The van der Waals surface area contributed by atoms with E-state index in [4.69, 9.17) is 0 Å². The second-order valence-corrected chi connectivity index (χ2v) is 6.78. The van der Waals surface area contributed by atoms with Gasteiger partial charge in [0.05, 0.1) is 10.9 Å². The molecule has 0 atom stereocenters. The molecule has 3 aromatic rings. The van der Waals surface area contributed by atoms with Crippen molar-refractivity contribution in [1.82, 2.24) is 30.0 Å². The van der Waals surface area contributed by atoms with E-state index in [1.165, 1.54) is 0 Å². The van der Waals surface area contributed by atoms with Crippen LogP contribution in [0.4, 0.5) is 0 Å². The Morgan fingerprint density at radius 1 is 1.20 bits per heavy atom. The molecule has 25 heavy (non-hydrogen) atoms. The van der Waals surface area contributed by atoms with Crippen LogP contribution < -0.4 is 5.43 Å². The van der Waals surface area contributed by atoms with Gasteiger partial charge in [-0.3, -0.25) is 9.89 Å². The largest absolute Gasteiger partial charge is 0.345 e. The maximum atomic E-state index is 12.7. The first kappa shape index (κ1) is 17.6. The molecule has 0 aromatic carbocycles. The number of hydrogen-bond donors (Lipinski definition) is 2. The zero-order chi connectivity index (χ0) is 17.8. The fraction of sp³-hybridized carbons (Fsp3) is 0.412. The van der Waals surface area contributed by atoms with E-state index in [0.717, 1.165) is 31.1 Å². The van der Waals surface area contributed by atoms with Crippen molar-refractivity contribution in [2.45, 2.75) is 25.9 Å². The van der Waals surface area contributed by atoms with Gasteiger partial charge in [0.15, 0.2) is 5.82 Å². The van der Waals surface area contributed by atoms with Crippen molar-refractivity contribution in [2.24, 2.45) is 0 Å². The molecule has 0 bridgehead atoms. The number of aromatic amines is 2. The molecule has 0 radical (unpaired) electrons. The fourth-order valence-electron chi connectivity index (χ4n) is 2.61. The van der Waals surface area contributed by atoms with Gasteiger partial charge in [0.1, 0.15) is 5.65 Å². The molecule has 0 aliphatic heterocycles. The van der Waals surface area contributed by atoms with Gasteiger partial charge in [-0.25, -0.2) is 9.97 Å². The van der Waals surface area contributed by atoms with Gasteiger partial charge in [-0.1, -0.05) is 25.6 Å². The van der Waals surface area contributed by atoms with Crippen LogP contribution in [0.15, 0.2) is 28.3 Å². The number of fused-ring (bicyclic) bond motifs is 1. The van der Waals surface area contributed by atoms with Gasteiger partial charge in [-0.15, -0.1) is 5.10 Å². The Balaban J connectivity index is 1.78. The molecule has 132 valence electrons. The number of aryl methyl sites for hydroxylation is 1. The van der Waals surface area contributed by atoms with E-state index < -0.39 is 0 Å². The molecule has 2 N–H and O–H groups in total. The Hall–Kier alpha value is -2.19. The minimum Gasteiger partial charge on any atom is -0.345 e. The van der Waals surface area contributed by atoms with Crippen LogP contribution in [0.2, 0.25) is 0 Å². The van der Waals surface area contributed by atoms with Gasteiger partial charge < -0.3 is 9.88 Å². The minimum absolute atomic E-state index is 0.0999. The summed E-state index contributed by atoms with van der Waals surface area (Å²) < 4.78 is 0. The molecule has 3 aromatic heterocycles. The zero-order valence-corrected chi connectivity index (χ0v) is 15.5. The smallest absolute Gasteiger partial charge is 0.208 e. The highest BCUT2D eigenvalue weighted by atomic mass is 32.2. The van der Waals surface area contributed by atoms with Gasteiger partial charge in [0, 0.05) is 24.2 Å². The van der Waals surface area contributed by atoms with Crippen LogP contribution in [0.3, 0.4) is 0 Å². The summed E-state index contributed by atoms with van der Waals surface area (Å²) in [5, 5.41) is 8.29. The standard InChI is InChI=1S/C17H22N6OS/c1-4-23(5-2)8-9-25-17-20-16(21-22-17)13-10-18-15-12(14(13)24)7-6-11(3)19-15/h6-7,10H,4-5,8-9H2,1-3H3,(H,18,19,24)(H,20,21,22). The quantitative estimate of drug-likeness (QED) is 0.631. The zero-order valence-electron chi connectivity index (χ0n) is 14.7. The fourth-order valence-corrected chi connectivity index (χ4v) is 3.41. The molecule has 0 aliphatic rings. The molecule has 0 saturated heterocycles. The third kappa shape index (κ3) is 3.91. The number of nitrogens with one attached hydrogen (secondary N) is 2. The van der Waals surface area contributed by atoms with Gasteiger partial charge in [0.25, 0.3) is 0 Å². The van der Waals surface area contributed by atoms with Crippen LogP contribution in [0.1, 0.15) is 19.5 Å². The van der Waals surface area contributed by atoms with Crippen molar-refractivity contribution in [1.29, 1.82) is 0 Å². The van der Waals surface area contributed by atoms with Crippen LogP contribution in [0.5, 0.6) is 0 Å². The van der Waals surface area contributed by atoms with Gasteiger partial charge in [0.2, 0.25) is 10.6 Å². The number of rotatable bonds is 7.